The van der Waals surface area contributed by atoms with Crippen LogP contribution in [0, 0.1) is 18.8 Å². The van der Waals surface area contributed by atoms with Crippen LogP contribution in [0.5, 0.6) is 5.75 Å². The van der Waals surface area contributed by atoms with E-state index in [1.54, 1.807) is 13.3 Å². The fourth-order valence-electron chi connectivity index (χ4n) is 2.50. The molecule has 0 fully saturated rings. The number of methoxy groups -OCH3 is 1. The third-order valence-corrected chi connectivity index (χ3v) is 4.81. The lowest BCUT2D eigenvalue weighted by atomic mass is 10.1. The molecule has 1 atom stereocenters. The Hall–Kier alpha value is -1.75. The van der Waals surface area contributed by atoms with Gasteiger partial charge in [0.15, 0.2) is 0 Å². The van der Waals surface area contributed by atoms with E-state index in [0.717, 1.165) is 20.9 Å². The molecule has 1 aromatic carbocycles. The highest BCUT2D eigenvalue weighted by molar-refractivity contribution is 9.10. The smallest absolute Gasteiger partial charge is 0.272 e. The third-order valence-electron chi connectivity index (χ3n) is 3.64. The van der Waals surface area contributed by atoms with Crippen molar-refractivity contribution >= 4 is 44.5 Å². The van der Waals surface area contributed by atoms with Gasteiger partial charge in [0.05, 0.1) is 11.1 Å². The largest absolute Gasteiger partial charge is 0.470 e. The number of aryl methyl sites for hydroxylation is 1. The molecule has 27 heavy (non-hydrogen) atoms. The Labute approximate surface area is 172 Å². The summed E-state index contributed by atoms with van der Waals surface area (Å²) in [6, 6.07) is 5.76. The molecule has 0 spiro atoms. The molecule has 0 aliphatic carbocycles. The second kappa shape index (κ2) is 9.45. The standard InChI is InChI=1S/C20H23BrN2O3S/c1-13-9-16(11-14-10-15(21)12-22-17(13)14)26-19(27-5)18(24)23-20(2,3)7-6-8-25-4/h9-12,19H,8H2,1-5H3,(H,23,24). The highest BCUT2D eigenvalue weighted by Crippen LogP contribution is 2.27. The van der Waals surface area contributed by atoms with Gasteiger partial charge in [-0.15, -0.1) is 11.8 Å². The zero-order chi connectivity index (χ0) is 20.0. The van der Waals surface area contributed by atoms with Gasteiger partial charge in [0.25, 0.3) is 5.91 Å². The number of nitrogens with zero attached hydrogens (tertiary/aromatic N) is 1. The van der Waals surface area contributed by atoms with Crippen LogP contribution < -0.4 is 10.1 Å². The summed E-state index contributed by atoms with van der Waals surface area (Å²) in [5, 5.41) is 3.86. The first-order chi connectivity index (χ1) is 12.8. The van der Waals surface area contributed by atoms with Crippen LogP contribution in [0.25, 0.3) is 10.9 Å². The molecule has 144 valence electrons. The van der Waals surface area contributed by atoms with Crippen molar-refractivity contribution in [2.75, 3.05) is 20.0 Å². The van der Waals surface area contributed by atoms with Crippen LogP contribution in [-0.2, 0) is 9.53 Å². The number of fused-ring (bicyclic) bond motifs is 1. The van der Waals surface area contributed by atoms with Crippen molar-refractivity contribution in [3.63, 3.8) is 0 Å². The summed E-state index contributed by atoms with van der Waals surface area (Å²) >= 11 is 4.76. The highest BCUT2D eigenvalue weighted by atomic mass is 79.9. The second-order valence-corrected chi connectivity index (χ2v) is 8.32. The van der Waals surface area contributed by atoms with E-state index >= 15 is 0 Å². The van der Waals surface area contributed by atoms with Gasteiger partial charge in [0.1, 0.15) is 12.4 Å². The molecule has 1 heterocycles. The molecule has 0 saturated heterocycles. The maximum absolute atomic E-state index is 12.7. The van der Waals surface area contributed by atoms with Crippen molar-refractivity contribution in [3.05, 3.63) is 34.4 Å². The predicted octanol–water partition coefficient (Wildman–Crippen LogP) is 3.92. The molecule has 0 aliphatic heterocycles. The van der Waals surface area contributed by atoms with Gasteiger partial charge in [-0.3, -0.25) is 9.78 Å². The molecule has 2 rings (SSSR count). The highest BCUT2D eigenvalue weighted by Gasteiger charge is 2.25. The van der Waals surface area contributed by atoms with Crippen molar-refractivity contribution in [2.24, 2.45) is 0 Å². The van der Waals surface area contributed by atoms with Gasteiger partial charge in [-0.2, -0.15) is 0 Å². The SMILES string of the molecule is COCC#CC(C)(C)NC(=O)C(Oc1cc(C)c2ncc(Br)cc2c1)SC. The van der Waals surface area contributed by atoms with E-state index in [1.165, 1.54) is 11.8 Å². The van der Waals surface area contributed by atoms with Crippen molar-refractivity contribution in [2.45, 2.75) is 31.7 Å². The van der Waals surface area contributed by atoms with Crippen LogP contribution >= 0.6 is 27.7 Å². The van der Waals surface area contributed by atoms with E-state index in [0.29, 0.717) is 12.4 Å². The summed E-state index contributed by atoms with van der Waals surface area (Å²) in [6.45, 7) is 5.98. The Morgan fingerprint density at radius 2 is 2.15 bits per heavy atom. The fourth-order valence-corrected chi connectivity index (χ4v) is 3.33. The van der Waals surface area contributed by atoms with Gasteiger partial charge in [0, 0.05) is 23.2 Å². The summed E-state index contributed by atoms with van der Waals surface area (Å²) < 4.78 is 11.8. The topological polar surface area (TPSA) is 60.5 Å². The lowest BCUT2D eigenvalue weighted by molar-refractivity contribution is -0.125. The Morgan fingerprint density at radius 3 is 2.81 bits per heavy atom. The summed E-state index contributed by atoms with van der Waals surface area (Å²) in [4.78, 5) is 17.1. The van der Waals surface area contributed by atoms with Crippen LogP contribution in [0.1, 0.15) is 19.4 Å². The van der Waals surface area contributed by atoms with Gasteiger partial charge in [-0.05, 0) is 66.7 Å². The Balaban J connectivity index is 2.18. The first-order valence-corrected chi connectivity index (χ1v) is 10.4. The Bertz CT molecular complexity index is 890. The van der Waals surface area contributed by atoms with Crippen LogP contribution in [0.4, 0.5) is 0 Å². The number of thioether (sulfide) groups is 1. The van der Waals surface area contributed by atoms with Crippen molar-refractivity contribution in [3.8, 4) is 17.6 Å². The van der Waals surface area contributed by atoms with Gasteiger partial charge in [0.2, 0.25) is 5.44 Å². The summed E-state index contributed by atoms with van der Waals surface area (Å²) in [5.74, 6) is 6.25. The summed E-state index contributed by atoms with van der Waals surface area (Å²) in [6.07, 6.45) is 3.60. The van der Waals surface area contributed by atoms with Crippen LogP contribution in [0.15, 0.2) is 28.9 Å². The van der Waals surface area contributed by atoms with Gasteiger partial charge in [-0.25, -0.2) is 0 Å². The number of carbonyl (C=O) groups excluding carboxylic acids is 1. The number of hydrogen-bond acceptors (Lipinski definition) is 5. The van der Waals surface area contributed by atoms with Gasteiger partial charge in [-0.1, -0.05) is 11.8 Å². The minimum atomic E-state index is -0.689. The molecule has 0 aliphatic rings. The molecule has 1 N–H and O–H groups in total. The molecule has 5 nitrogen and oxygen atoms in total. The van der Waals surface area contributed by atoms with Crippen LogP contribution in [0.2, 0.25) is 0 Å². The number of carbonyl (C=O) groups is 1. The quantitative estimate of drug-likeness (QED) is 0.533. The number of benzene rings is 1. The Kier molecular flexibility index (Phi) is 7.54. The zero-order valence-electron chi connectivity index (χ0n) is 16.1. The molecular formula is C20H23BrN2O3S. The second-order valence-electron chi connectivity index (χ2n) is 6.50. The molecule has 2 aromatic rings. The first kappa shape index (κ1) is 21.5. The number of rotatable bonds is 6. The molecule has 0 bridgehead atoms. The zero-order valence-corrected chi connectivity index (χ0v) is 18.5. The predicted molar refractivity (Wildman–Crippen MR) is 114 cm³/mol. The molecule has 0 radical (unpaired) electrons. The minimum absolute atomic E-state index is 0.232. The van der Waals surface area contributed by atoms with E-state index in [9.17, 15) is 4.79 Å². The molecule has 1 amide bonds. The summed E-state index contributed by atoms with van der Waals surface area (Å²) in [7, 11) is 1.58. The fraction of sp³-hybridized carbons (Fsp3) is 0.400. The molecule has 1 aromatic heterocycles. The number of nitrogens with one attached hydrogen (secondary N) is 1. The average Bonchev–Trinajstić information content (AvgIpc) is 2.58. The summed E-state index contributed by atoms with van der Waals surface area (Å²) in [5.41, 5.74) is 0.526. The lowest BCUT2D eigenvalue weighted by Crippen LogP contribution is -2.47. The van der Waals surface area contributed by atoms with Crippen molar-refractivity contribution < 1.29 is 14.3 Å². The molecule has 1 unspecified atom stereocenters. The maximum atomic E-state index is 12.7. The van der Waals surface area contributed by atoms with Crippen LogP contribution in [-0.4, -0.2) is 41.8 Å². The lowest BCUT2D eigenvalue weighted by Gasteiger charge is -2.24. The normalized spacial score (nSPS) is 12.2. The Morgan fingerprint density at radius 1 is 1.41 bits per heavy atom. The van der Waals surface area contributed by atoms with E-state index < -0.39 is 11.0 Å². The molecular weight excluding hydrogens is 428 g/mol. The third kappa shape index (κ3) is 6.13. The van der Waals surface area contributed by atoms with E-state index in [-0.39, 0.29) is 5.91 Å². The minimum Gasteiger partial charge on any atom is -0.470 e. The number of amides is 1. The van der Waals surface area contributed by atoms with E-state index in [2.05, 4.69) is 38.1 Å². The van der Waals surface area contributed by atoms with Crippen molar-refractivity contribution in [1.82, 2.24) is 10.3 Å². The van der Waals surface area contributed by atoms with E-state index in [4.69, 9.17) is 9.47 Å². The van der Waals surface area contributed by atoms with Crippen LogP contribution in [0.3, 0.4) is 0 Å². The number of hydrogen-bond donors (Lipinski definition) is 1. The number of ether oxygens (including phenoxy) is 2. The monoisotopic (exact) mass is 450 g/mol. The maximum Gasteiger partial charge on any atom is 0.272 e. The average molecular weight is 451 g/mol. The number of halogens is 1. The van der Waals surface area contributed by atoms with Crippen molar-refractivity contribution in [1.29, 1.82) is 0 Å². The molecule has 7 heteroatoms. The van der Waals surface area contributed by atoms with Gasteiger partial charge < -0.3 is 14.8 Å². The van der Waals surface area contributed by atoms with Gasteiger partial charge >= 0.3 is 0 Å². The van der Waals surface area contributed by atoms with E-state index in [1.807, 2.05) is 45.2 Å². The number of aromatic nitrogens is 1. The first-order valence-electron chi connectivity index (χ1n) is 8.32. The molecule has 0 saturated carbocycles. The number of pyridine rings is 1.